The lowest BCUT2D eigenvalue weighted by Gasteiger charge is -2.27. The molecule has 0 bridgehead atoms. The number of nitrogens with zero attached hydrogens (tertiary/aromatic N) is 1. The minimum Gasteiger partial charge on any atom is -0.456 e. The van der Waals surface area contributed by atoms with E-state index in [1.54, 1.807) is 0 Å². The number of furan rings is 1. The van der Waals surface area contributed by atoms with E-state index in [4.69, 9.17) is 4.42 Å². The molecule has 0 N–H and O–H groups in total. The van der Waals surface area contributed by atoms with Gasteiger partial charge >= 0.3 is 0 Å². The molecule has 0 fully saturated rings. The van der Waals surface area contributed by atoms with Gasteiger partial charge in [-0.25, -0.2) is 0 Å². The first-order valence-electron chi connectivity index (χ1n) is 16.6. The topological polar surface area (TPSA) is 16.4 Å². The van der Waals surface area contributed by atoms with Crippen LogP contribution in [-0.4, -0.2) is 0 Å². The Morgan fingerprint density at radius 3 is 1.84 bits per heavy atom. The third-order valence-corrected chi connectivity index (χ3v) is 10.9. The molecule has 0 radical (unpaired) electrons. The molecule has 0 atom stereocenters. The zero-order chi connectivity index (χ0) is 32.3. The quantitative estimate of drug-likeness (QED) is 0.186. The number of anilines is 3. The van der Waals surface area contributed by atoms with Crippen molar-refractivity contribution in [1.29, 1.82) is 0 Å². The van der Waals surface area contributed by atoms with Gasteiger partial charge in [0.05, 0.1) is 21.5 Å². The smallest absolute Gasteiger partial charge is 0.137 e. The molecule has 0 spiro atoms. The summed E-state index contributed by atoms with van der Waals surface area (Å²) in [5.74, 6) is 0. The number of hydrogen-bond acceptors (Lipinski definition) is 3. The standard InChI is InChI=1S/C46H29NOS/c1-2-10-30(11-3-1)33-22-20-32-21-23-34(29-35(32)28-33)31-24-26-36(27-25-31)47(40-15-9-18-43-45(40)39-13-4-6-17-42(39)48-43)41-16-8-14-38-37-12-5-7-19-44(37)49-46(38)41/h1-29H. The number of fused-ring (bicyclic) bond motifs is 7. The second kappa shape index (κ2) is 11.2. The number of para-hydroxylation sites is 1. The molecule has 230 valence electrons. The summed E-state index contributed by atoms with van der Waals surface area (Å²) in [6.07, 6.45) is 0. The molecule has 0 unspecified atom stereocenters. The van der Waals surface area contributed by atoms with Gasteiger partial charge in [0.15, 0.2) is 0 Å². The Labute approximate surface area is 287 Å². The Morgan fingerprint density at radius 1 is 0.408 bits per heavy atom. The molecule has 10 aromatic rings. The van der Waals surface area contributed by atoms with Gasteiger partial charge < -0.3 is 9.32 Å². The van der Waals surface area contributed by atoms with Crippen LogP contribution in [0.25, 0.3) is 75.1 Å². The summed E-state index contributed by atoms with van der Waals surface area (Å²) in [6, 6.07) is 63.2. The average molecular weight is 644 g/mol. The van der Waals surface area contributed by atoms with Crippen molar-refractivity contribution < 1.29 is 4.42 Å². The van der Waals surface area contributed by atoms with Gasteiger partial charge in [-0.05, 0) is 87.6 Å². The Morgan fingerprint density at radius 2 is 1.02 bits per heavy atom. The molecule has 0 aliphatic heterocycles. The predicted octanol–water partition coefficient (Wildman–Crippen LogP) is 13.9. The van der Waals surface area contributed by atoms with Crippen LogP contribution < -0.4 is 4.90 Å². The van der Waals surface area contributed by atoms with Gasteiger partial charge in [0.1, 0.15) is 11.2 Å². The molecule has 0 saturated heterocycles. The third-order valence-electron chi connectivity index (χ3n) is 9.65. The summed E-state index contributed by atoms with van der Waals surface area (Å²) < 4.78 is 8.93. The molecule has 2 aromatic heterocycles. The molecule has 49 heavy (non-hydrogen) atoms. The zero-order valence-corrected chi connectivity index (χ0v) is 27.3. The van der Waals surface area contributed by atoms with Gasteiger partial charge in [0.25, 0.3) is 0 Å². The molecular formula is C46H29NOS. The predicted molar refractivity (Wildman–Crippen MR) is 210 cm³/mol. The summed E-state index contributed by atoms with van der Waals surface area (Å²) in [5.41, 5.74) is 9.97. The molecule has 2 nitrogen and oxygen atoms in total. The summed E-state index contributed by atoms with van der Waals surface area (Å²) in [7, 11) is 0. The Kier molecular flexibility index (Phi) is 6.39. The van der Waals surface area contributed by atoms with E-state index in [-0.39, 0.29) is 0 Å². The van der Waals surface area contributed by atoms with Gasteiger partial charge in [0, 0.05) is 26.5 Å². The van der Waals surface area contributed by atoms with Crippen LogP contribution in [-0.2, 0) is 0 Å². The van der Waals surface area contributed by atoms with E-state index in [0.29, 0.717) is 0 Å². The van der Waals surface area contributed by atoms with Gasteiger partial charge in [-0.2, -0.15) is 0 Å². The van der Waals surface area contributed by atoms with Crippen LogP contribution in [0, 0.1) is 0 Å². The maximum atomic E-state index is 6.38. The van der Waals surface area contributed by atoms with Gasteiger partial charge in [-0.1, -0.05) is 121 Å². The summed E-state index contributed by atoms with van der Waals surface area (Å²) in [4.78, 5) is 2.41. The normalized spacial score (nSPS) is 11.7. The lowest BCUT2D eigenvalue weighted by Crippen LogP contribution is -2.10. The van der Waals surface area contributed by atoms with E-state index in [9.17, 15) is 0 Å². The largest absolute Gasteiger partial charge is 0.456 e. The Bertz CT molecular complexity index is 2830. The van der Waals surface area contributed by atoms with Crippen LogP contribution in [0.4, 0.5) is 17.1 Å². The van der Waals surface area contributed by atoms with Crippen LogP contribution in [0.3, 0.4) is 0 Å². The highest BCUT2D eigenvalue weighted by Crippen LogP contribution is 2.48. The average Bonchev–Trinajstić information content (AvgIpc) is 3.75. The van der Waals surface area contributed by atoms with Gasteiger partial charge in [-0.15, -0.1) is 11.3 Å². The SMILES string of the molecule is c1ccc(-c2ccc3ccc(-c4ccc(N(c5cccc6c5sc5ccccc56)c5cccc6oc7ccccc7c56)cc4)cc3c2)cc1. The number of hydrogen-bond donors (Lipinski definition) is 0. The van der Waals surface area contributed by atoms with Crippen LogP contribution in [0.2, 0.25) is 0 Å². The molecule has 3 heteroatoms. The van der Waals surface area contributed by atoms with Gasteiger partial charge in [-0.3, -0.25) is 0 Å². The fourth-order valence-corrected chi connectivity index (χ4v) is 8.50. The molecular weight excluding hydrogens is 615 g/mol. The summed E-state index contributed by atoms with van der Waals surface area (Å²) in [6.45, 7) is 0. The molecule has 0 amide bonds. The Hall–Kier alpha value is -6.16. The van der Waals surface area contributed by atoms with Crippen LogP contribution in [0.15, 0.2) is 180 Å². The van der Waals surface area contributed by atoms with Crippen molar-refractivity contribution in [3.63, 3.8) is 0 Å². The van der Waals surface area contributed by atoms with Crippen molar-refractivity contribution in [1.82, 2.24) is 0 Å². The zero-order valence-electron chi connectivity index (χ0n) is 26.5. The summed E-state index contributed by atoms with van der Waals surface area (Å²) >= 11 is 1.85. The second-order valence-corrected chi connectivity index (χ2v) is 13.6. The molecule has 0 aliphatic rings. The van der Waals surface area contributed by atoms with E-state index < -0.39 is 0 Å². The lowest BCUT2D eigenvalue weighted by molar-refractivity contribution is 0.669. The highest BCUT2D eigenvalue weighted by atomic mass is 32.1. The van der Waals surface area contributed by atoms with Crippen LogP contribution >= 0.6 is 11.3 Å². The first-order valence-corrected chi connectivity index (χ1v) is 17.4. The van der Waals surface area contributed by atoms with Crippen LogP contribution in [0.1, 0.15) is 0 Å². The van der Waals surface area contributed by atoms with Crippen molar-refractivity contribution in [2.75, 3.05) is 4.90 Å². The maximum Gasteiger partial charge on any atom is 0.137 e. The van der Waals surface area contributed by atoms with Crippen molar-refractivity contribution in [2.24, 2.45) is 0 Å². The third kappa shape index (κ3) is 4.62. The Balaban J connectivity index is 1.14. The maximum absolute atomic E-state index is 6.38. The number of benzene rings is 8. The first-order chi connectivity index (χ1) is 24.3. The first kappa shape index (κ1) is 27.9. The monoisotopic (exact) mass is 643 g/mol. The molecule has 10 rings (SSSR count). The highest BCUT2D eigenvalue weighted by molar-refractivity contribution is 7.26. The van der Waals surface area contributed by atoms with Crippen molar-refractivity contribution >= 4 is 81.3 Å². The second-order valence-electron chi connectivity index (χ2n) is 12.5. The molecule has 0 saturated carbocycles. The number of rotatable bonds is 5. The number of thiophene rings is 1. The fraction of sp³-hybridized carbons (Fsp3) is 0. The van der Waals surface area contributed by atoms with Crippen molar-refractivity contribution in [3.05, 3.63) is 176 Å². The van der Waals surface area contributed by atoms with E-state index in [2.05, 4.69) is 175 Å². The molecule has 8 aromatic carbocycles. The minimum absolute atomic E-state index is 0.884. The van der Waals surface area contributed by atoms with E-state index >= 15 is 0 Å². The van der Waals surface area contributed by atoms with E-state index in [1.807, 2.05) is 17.4 Å². The fourth-order valence-electron chi connectivity index (χ4n) is 7.30. The van der Waals surface area contributed by atoms with E-state index in [1.165, 1.54) is 53.2 Å². The lowest BCUT2D eigenvalue weighted by atomic mass is 9.97. The van der Waals surface area contributed by atoms with E-state index in [0.717, 1.165) is 39.0 Å². The van der Waals surface area contributed by atoms with Crippen molar-refractivity contribution in [3.8, 4) is 22.3 Å². The molecule has 0 aliphatic carbocycles. The molecule has 2 heterocycles. The van der Waals surface area contributed by atoms with Gasteiger partial charge in [0.2, 0.25) is 0 Å². The summed E-state index contributed by atoms with van der Waals surface area (Å²) in [5, 5.41) is 7.27. The minimum atomic E-state index is 0.884. The van der Waals surface area contributed by atoms with Crippen LogP contribution in [0.5, 0.6) is 0 Å². The highest BCUT2D eigenvalue weighted by Gasteiger charge is 2.22. The van der Waals surface area contributed by atoms with Crippen molar-refractivity contribution in [2.45, 2.75) is 0 Å².